The first kappa shape index (κ1) is 19.8. The molecule has 3 rings (SSSR count). The molecule has 0 aliphatic heterocycles. The molecule has 3 aromatic heterocycles. The Bertz CT molecular complexity index is 1090. The summed E-state index contributed by atoms with van der Waals surface area (Å²) in [5.74, 6) is 0. The van der Waals surface area contributed by atoms with E-state index in [0.29, 0.717) is 16.4 Å². The van der Waals surface area contributed by atoms with Crippen molar-refractivity contribution in [1.82, 2.24) is 19.3 Å². The van der Waals surface area contributed by atoms with E-state index in [-0.39, 0.29) is 22.3 Å². The molecular formula is C16H13BrClF3N4O2. The highest BCUT2D eigenvalue weighted by Gasteiger charge is 2.36. The minimum Gasteiger partial charge on any atom is -0.382 e. The average molecular weight is 466 g/mol. The van der Waals surface area contributed by atoms with Crippen LogP contribution in [0.25, 0.3) is 10.9 Å². The van der Waals surface area contributed by atoms with Gasteiger partial charge in [-0.3, -0.25) is 9.48 Å². The number of halogens is 5. The molecule has 144 valence electrons. The van der Waals surface area contributed by atoms with Gasteiger partial charge in [-0.2, -0.15) is 18.3 Å². The minimum absolute atomic E-state index is 0.0458. The third kappa shape index (κ3) is 3.37. The van der Waals surface area contributed by atoms with Crippen LogP contribution in [0.4, 0.5) is 13.2 Å². The monoisotopic (exact) mass is 464 g/mol. The zero-order valence-electron chi connectivity index (χ0n) is 14.1. The number of alkyl halides is 3. The van der Waals surface area contributed by atoms with Crippen LogP contribution in [0.1, 0.15) is 30.0 Å². The van der Waals surface area contributed by atoms with Crippen molar-refractivity contribution in [2.24, 2.45) is 7.05 Å². The molecule has 27 heavy (non-hydrogen) atoms. The smallest absolute Gasteiger partial charge is 0.382 e. The van der Waals surface area contributed by atoms with Crippen molar-refractivity contribution in [3.8, 4) is 0 Å². The molecule has 0 radical (unpaired) electrons. The van der Waals surface area contributed by atoms with Crippen LogP contribution in [0, 0.1) is 0 Å². The van der Waals surface area contributed by atoms with Gasteiger partial charge in [0.05, 0.1) is 10.7 Å². The van der Waals surface area contributed by atoms with Gasteiger partial charge in [-0.05, 0) is 28.9 Å². The Morgan fingerprint density at radius 2 is 2.07 bits per heavy atom. The topological polar surface area (TPSA) is 72.9 Å². The maximum atomic E-state index is 12.8. The summed E-state index contributed by atoms with van der Waals surface area (Å²) in [6, 6.07) is 1.00. The third-order valence-corrected chi connectivity index (χ3v) is 5.00. The van der Waals surface area contributed by atoms with Gasteiger partial charge in [-0.1, -0.05) is 11.6 Å². The Kier molecular flexibility index (Phi) is 5.08. The Morgan fingerprint density at radius 1 is 1.41 bits per heavy atom. The molecule has 0 fully saturated rings. The van der Waals surface area contributed by atoms with Gasteiger partial charge in [0.1, 0.15) is 6.10 Å². The van der Waals surface area contributed by atoms with Gasteiger partial charge in [-0.25, -0.2) is 4.98 Å². The lowest BCUT2D eigenvalue weighted by Gasteiger charge is -2.15. The van der Waals surface area contributed by atoms with Crippen LogP contribution in [-0.4, -0.2) is 24.4 Å². The predicted octanol–water partition coefficient (Wildman–Crippen LogP) is 3.67. The molecule has 0 aliphatic rings. The lowest BCUT2D eigenvalue weighted by atomic mass is 10.1. The van der Waals surface area contributed by atoms with Crippen LogP contribution in [-0.2, 0) is 19.8 Å². The van der Waals surface area contributed by atoms with E-state index in [0.717, 1.165) is 12.3 Å². The number of nitrogens with zero attached hydrogens (tertiary/aromatic N) is 4. The van der Waals surface area contributed by atoms with Crippen LogP contribution in [0.2, 0.25) is 5.02 Å². The quantitative estimate of drug-likeness (QED) is 0.641. The van der Waals surface area contributed by atoms with Crippen molar-refractivity contribution >= 4 is 38.4 Å². The molecule has 0 aromatic carbocycles. The maximum absolute atomic E-state index is 12.8. The standard InChI is InChI=1S/C16H13BrClF3N4O2/c1-3-25-6-8(17)10-11(15(25)27)23-24(2)12(10)13(26)7-4-9(18)14(22-5-7)16(19,20)21/h4-6,13,26H,3H2,1-2H3. The van der Waals surface area contributed by atoms with Crippen LogP contribution in [0.3, 0.4) is 0 Å². The Morgan fingerprint density at radius 3 is 2.63 bits per heavy atom. The maximum Gasteiger partial charge on any atom is 0.434 e. The first-order chi connectivity index (χ1) is 12.6. The highest BCUT2D eigenvalue weighted by molar-refractivity contribution is 9.10. The fourth-order valence-corrected chi connectivity index (χ4v) is 3.76. The second-order valence-corrected chi connectivity index (χ2v) is 7.06. The summed E-state index contributed by atoms with van der Waals surface area (Å²) in [7, 11) is 1.53. The molecule has 1 atom stereocenters. The zero-order chi connectivity index (χ0) is 20.1. The molecule has 0 spiro atoms. The number of aryl methyl sites for hydroxylation is 2. The van der Waals surface area contributed by atoms with Gasteiger partial charge in [0.2, 0.25) is 0 Å². The zero-order valence-corrected chi connectivity index (χ0v) is 16.4. The molecule has 6 nitrogen and oxygen atoms in total. The number of aliphatic hydroxyl groups is 1. The largest absolute Gasteiger partial charge is 0.434 e. The van der Waals surface area contributed by atoms with Crippen LogP contribution < -0.4 is 5.56 Å². The van der Waals surface area contributed by atoms with E-state index in [1.807, 2.05) is 0 Å². The minimum atomic E-state index is -4.70. The number of aliphatic hydroxyl groups excluding tert-OH is 1. The molecule has 11 heteroatoms. The third-order valence-electron chi connectivity index (χ3n) is 4.11. The molecular weight excluding hydrogens is 453 g/mol. The van der Waals surface area contributed by atoms with Gasteiger partial charge in [0.15, 0.2) is 11.2 Å². The van der Waals surface area contributed by atoms with Crippen molar-refractivity contribution in [3.63, 3.8) is 0 Å². The SMILES string of the molecule is CCn1cc(Br)c2c(C(O)c3cnc(C(F)(F)F)c(Cl)c3)n(C)nc2c1=O. The molecule has 0 amide bonds. The van der Waals surface area contributed by atoms with E-state index in [9.17, 15) is 23.1 Å². The van der Waals surface area contributed by atoms with Crippen LogP contribution >= 0.6 is 27.5 Å². The molecule has 1 unspecified atom stereocenters. The van der Waals surface area contributed by atoms with Crippen molar-refractivity contribution in [3.05, 3.63) is 55.3 Å². The number of aromatic nitrogens is 4. The molecule has 0 saturated carbocycles. The lowest BCUT2D eigenvalue weighted by molar-refractivity contribution is -0.141. The first-order valence-electron chi connectivity index (χ1n) is 7.72. The average Bonchev–Trinajstić information content (AvgIpc) is 2.94. The lowest BCUT2D eigenvalue weighted by Crippen LogP contribution is -2.19. The van der Waals surface area contributed by atoms with Crippen molar-refractivity contribution < 1.29 is 18.3 Å². The van der Waals surface area contributed by atoms with E-state index < -0.39 is 23.0 Å². The first-order valence-corrected chi connectivity index (χ1v) is 8.89. The summed E-state index contributed by atoms with van der Waals surface area (Å²) in [5, 5.41) is 14.7. The number of rotatable bonds is 3. The van der Waals surface area contributed by atoms with Crippen LogP contribution in [0.15, 0.2) is 27.7 Å². The van der Waals surface area contributed by atoms with Crippen molar-refractivity contribution in [1.29, 1.82) is 0 Å². The summed E-state index contributed by atoms with van der Waals surface area (Å²) in [6.07, 6.45) is -3.62. The van der Waals surface area contributed by atoms with Crippen LogP contribution in [0.5, 0.6) is 0 Å². The number of fused-ring (bicyclic) bond motifs is 1. The number of hydrogen-bond acceptors (Lipinski definition) is 4. The summed E-state index contributed by atoms with van der Waals surface area (Å²) in [4.78, 5) is 15.8. The Balaban J connectivity index is 2.18. The van der Waals surface area contributed by atoms with Gasteiger partial charge in [-0.15, -0.1) is 0 Å². The van der Waals surface area contributed by atoms with E-state index in [4.69, 9.17) is 11.6 Å². The number of pyridine rings is 2. The Labute approximate surface area is 164 Å². The molecule has 0 aliphatic carbocycles. The second-order valence-electron chi connectivity index (χ2n) is 5.80. The fraction of sp³-hybridized carbons (Fsp3) is 0.312. The summed E-state index contributed by atoms with van der Waals surface area (Å²) in [6.45, 7) is 2.23. The molecule has 0 saturated heterocycles. The van der Waals surface area contributed by atoms with Gasteiger partial charge >= 0.3 is 6.18 Å². The highest BCUT2D eigenvalue weighted by atomic mass is 79.9. The molecule has 1 N–H and O–H groups in total. The van der Waals surface area contributed by atoms with E-state index >= 15 is 0 Å². The van der Waals surface area contributed by atoms with E-state index in [2.05, 4.69) is 26.0 Å². The van der Waals surface area contributed by atoms with Crippen molar-refractivity contribution in [2.45, 2.75) is 25.7 Å². The van der Waals surface area contributed by atoms with E-state index in [1.54, 1.807) is 13.1 Å². The highest BCUT2D eigenvalue weighted by Crippen LogP contribution is 2.36. The fourth-order valence-electron chi connectivity index (χ4n) is 2.84. The van der Waals surface area contributed by atoms with Crippen molar-refractivity contribution in [2.75, 3.05) is 0 Å². The molecule has 0 bridgehead atoms. The molecule has 3 heterocycles. The second kappa shape index (κ2) is 6.92. The Hall–Kier alpha value is -1.91. The van der Waals surface area contributed by atoms with Gasteiger partial charge < -0.3 is 9.67 Å². The normalized spacial score (nSPS) is 13.3. The molecule has 3 aromatic rings. The predicted molar refractivity (Wildman–Crippen MR) is 96.7 cm³/mol. The van der Waals surface area contributed by atoms with E-state index in [1.165, 1.54) is 16.3 Å². The summed E-state index contributed by atoms with van der Waals surface area (Å²) >= 11 is 9.06. The summed E-state index contributed by atoms with van der Waals surface area (Å²) in [5.41, 5.74) is -1.16. The van der Waals surface area contributed by atoms with Gasteiger partial charge in [0, 0.05) is 41.4 Å². The number of hydrogen-bond donors (Lipinski definition) is 1. The van der Waals surface area contributed by atoms with Gasteiger partial charge in [0.25, 0.3) is 5.56 Å². The summed E-state index contributed by atoms with van der Waals surface area (Å²) < 4.78 is 41.8.